The average Bonchev–Trinajstić information content (AvgIpc) is 3.00. The smallest absolute Gasteiger partial charge is 0.312 e. The van der Waals surface area contributed by atoms with Crippen molar-refractivity contribution in [3.05, 3.63) is 35.9 Å². The third-order valence-corrected chi connectivity index (χ3v) is 8.79. The largest absolute Gasteiger partial charge is 0.481 e. The second-order valence-electron chi connectivity index (χ2n) is 14.7. The lowest BCUT2D eigenvalue weighted by molar-refractivity contribution is -0.168. The predicted octanol–water partition coefficient (Wildman–Crippen LogP) is 10.0. The van der Waals surface area contributed by atoms with Gasteiger partial charge < -0.3 is 14.6 Å². The van der Waals surface area contributed by atoms with Gasteiger partial charge in [-0.2, -0.15) is 5.26 Å². The molecule has 0 aromatic heterocycles. The molecule has 7 heteroatoms. The summed E-state index contributed by atoms with van der Waals surface area (Å²) in [5.74, 6) is -4.08. The zero-order chi connectivity index (χ0) is 34.6. The molecule has 0 radical (unpaired) electrons. The monoisotopic (exact) mass is 641 g/mol. The van der Waals surface area contributed by atoms with E-state index in [-0.39, 0.29) is 31.8 Å². The normalized spacial score (nSPS) is 14.5. The van der Waals surface area contributed by atoms with Gasteiger partial charge in [-0.1, -0.05) is 102 Å². The fraction of sp³-hybridized carbons (Fsp3) is 0.744. The van der Waals surface area contributed by atoms with E-state index in [0.717, 1.165) is 31.2 Å². The first kappa shape index (κ1) is 41.1. The summed E-state index contributed by atoms with van der Waals surface area (Å²) < 4.78 is 11.3. The predicted molar refractivity (Wildman–Crippen MR) is 184 cm³/mol. The van der Waals surface area contributed by atoms with Crippen LogP contribution in [0.5, 0.6) is 0 Å². The van der Waals surface area contributed by atoms with Crippen LogP contribution in [0.4, 0.5) is 0 Å². The van der Waals surface area contributed by atoms with E-state index in [1.54, 1.807) is 34.6 Å². The molecule has 0 spiro atoms. The maximum absolute atomic E-state index is 13.5. The maximum atomic E-state index is 13.5. The molecule has 4 unspecified atom stereocenters. The summed E-state index contributed by atoms with van der Waals surface area (Å²) in [6.45, 7) is 13.4. The van der Waals surface area contributed by atoms with Gasteiger partial charge in [-0.25, -0.2) is 0 Å². The van der Waals surface area contributed by atoms with Crippen LogP contribution in [0.25, 0.3) is 0 Å². The van der Waals surface area contributed by atoms with Crippen molar-refractivity contribution in [1.82, 2.24) is 0 Å². The molecular weight excluding hydrogens is 578 g/mol. The summed E-state index contributed by atoms with van der Waals surface area (Å²) in [4.78, 5) is 39.1. The van der Waals surface area contributed by atoms with Crippen LogP contribution in [0.3, 0.4) is 0 Å². The summed E-state index contributed by atoms with van der Waals surface area (Å²) in [6, 6.07) is 12.3. The first-order valence-electron chi connectivity index (χ1n) is 17.8. The summed E-state index contributed by atoms with van der Waals surface area (Å²) in [7, 11) is 0. The van der Waals surface area contributed by atoms with Gasteiger partial charge in [0.05, 0.1) is 29.9 Å². The zero-order valence-corrected chi connectivity index (χ0v) is 29.9. The van der Waals surface area contributed by atoms with Crippen LogP contribution in [0, 0.1) is 34.5 Å². The number of esters is 2. The third kappa shape index (κ3) is 17.2. The number of carbonyl (C=O) groups is 3. The lowest BCUT2D eigenvalue weighted by Crippen LogP contribution is -2.37. The molecular formula is C39H63NO6. The fourth-order valence-corrected chi connectivity index (χ4v) is 6.05. The summed E-state index contributed by atoms with van der Waals surface area (Å²) in [5, 5.41) is 20.3. The number of ether oxygens (including phenoxy) is 2. The van der Waals surface area contributed by atoms with Crippen LogP contribution in [0.15, 0.2) is 30.3 Å². The Hall–Kier alpha value is -2.88. The molecule has 4 atom stereocenters. The van der Waals surface area contributed by atoms with Crippen molar-refractivity contribution in [3.8, 4) is 6.07 Å². The van der Waals surface area contributed by atoms with Crippen LogP contribution in [-0.4, -0.2) is 35.2 Å². The van der Waals surface area contributed by atoms with Crippen molar-refractivity contribution in [2.75, 3.05) is 6.61 Å². The number of carboxylic acids is 1. The highest BCUT2D eigenvalue weighted by Gasteiger charge is 2.40. The lowest BCUT2D eigenvalue weighted by Gasteiger charge is -2.31. The molecule has 0 aliphatic carbocycles. The van der Waals surface area contributed by atoms with Crippen molar-refractivity contribution in [1.29, 1.82) is 5.26 Å². The van der Waals surface area contributed by atoms with Crippen LogP contribution in [0.1, 0.15) is 156 Å². The Morgan fingerprint density at radius 2 is 1.37 bits per heavy atom. The van der Waals surface area contributed by atoms with Gasteiger partial charge in [-0.3, -0.25) is 14.4 Å². The van der Waals surface area contributed by atoms with Crippen molar-refractivity contribution in [2.45, 2.75) is 156 Å². The molecule has 0 bridgehead atoms. The molecule has 0 aliphatic heterocycles. The average molecular weight is 642 g/mol. The molecule has 0 heterocycles. The highest BCUT2D eigenvalue weighted by molar-refractivity contribution is 5.79. The summed E-state index contributed by atoms with van der Waals surface area (Å²) in [5.41, 5.74) is -0.602. The van der Waals surface area contributed by atoms with Crippen LogP contribution in [-0.2, 0) is 23.9 Å². The van der Waals surface area contributed by atoms with Gasteiger partial charge in [-0.15, -0.1) is 0 Å². The Kier molecular flexibility index (Phi) is 19.5. The van der Waals surface area contributed by atoms with Crippen LogP contribution >= 0.6 is 0 Å². The molecule has 0 saturated heterocycles. The van der Waals surface area contributed by atoms with E-state index in [2.05, 4.69) is 19.9 Å². The van der Waals surface area contributed by atoms with Crippen molar-refractivity contribution in [3.63, 3.8) is 0 Å². The highest BCUT2D eigenvalue weighted by atomic mass is 16.6. The third-order valence-electron chi connectivity index (χ3n) is 8.79. The SMILES string of the molecule is CCCCCCCCCCCCOC(=O)C(CC(CC(C#N)CC(CC)c1ccccc1)C(=O)O)CC(C)(C)C(=O)OC(C)(C)C. The number of nitrogens with zero attached hydrogens (tertiary/aromatic N) is 1. The van der Waals surface area contributed by atoms with Gasteiger partial charge in [0.2, 0.25) is 0 Å². The number of carbonyl (C=O) groups excluding carboxylic acids is 2. The van der Waals surface area contributed by atoms with E-state index >= 15 is 0 Å². The zero-order valence-electron chi connectivity index (χ0n) is 29.9. The van der Waals surface area contributed by atoms with Gasteiger partial charge in [0.1, 0.15) is 5.60 Å². The van der Waals surface area contributed by atoms with E-state index in [1.807, 2.05) is 30.3 Å². The summed E-state index contributed by atoms with van der Waals surface area (Å²) in [6.07, 6.45) is 13.3. The molecule has 0 fully saturated rings. The maximum Gasteiger partial charge on any atom is 0.312 e. The molecule has 260 valence electrons. The first-order chi connectivity index (χ1) is 21.7. The Bertz CT molecular complexity index is 1050. The summed E-state index contributed by atoms with van der Waals surface area (Å²) >= 11 is 0. The minimum absolute atomic E-state index is 0.00126. The van der Waals surface area contributed by atoms with Gasteiger partial charge in [0.25, 0.3) is 0 Å². The van der Waals surface area contributed by atoms with E-state index < -0.39 is 46.7 Å². The van der Waals surface area contributed by atoms with Crippen LogP contribution < -0.4 is 0 Å². The Balaban J connectivity index is 2.93. The molecule has 1 aromatic rings. The second kappa shape index (κ2) is 21.8. The van der Waals surface area contributed by atoms with E-state index in [4.69, 9.17) is 9.47 Å². The molecule has 0 amide bonds. The molecule has 1 N–H and O–H groups in total. The second-order valence-corrected chi connectivity index (χ2v) is 14.7. The number of aliphatic carboxylic acids is 1. The molecule has 7 nitrogen and oxygen atoms in total. The van der Waals surface area contributed by atoms with Gasteiger partial charge in [-0.05, 0) is 84.6 Å². The number of hydrogen-bond acceptors (Lipinski definition) is 6. The quantitative estimate of drug-likeness (QED) is 0.0882. The van der Waals surface area contributed by atoms with Gasteiger partial charge >= 0.3 is 17.9 Å². The van der Waals surface area contributed by atoms with Crippen molar-refractivity contribution in [2.24, 2.45) is 23.2 Å². The minimum atomic E-state index is -1.05. The highest BCUT2D eigenvalue weighted by Crippen LogP contribution is 2.36. The van der Waals surface area contributed by atoms with E-state index in [0.29, 0.717) is 6.42 Å². The Morgan fingerprint density at radius 1 is 0.804 bits per heavy atom. The van der Waals surface area contributed by atoms with E-state index in [9.17, 15) is 24.8 Å². The number of hydrogen-bond donors (Lipinski definition) is 1. The number of benzene rings is 1. The van der Waals surface area contributed by atoms with Crippen LogP contribution in [0.2, 0.25) is 0 Å². The lowest BCUT2D eigenvalue weighted by atomic mass is 9.76. The fourth-order valence-electron chi connectivity index (χ4n) is 6.05. The molecule has 1 rings (SSSR count). The standard InChI is InChI=1S/C39H63NO6/c1-8-10-11-12-13-14-15-16-17-21-24-45-36(43)34(28-39(6,7)37(44)46-38(3,4)5)27-33(35(41)42)26-30(29-40)25-31(9-2)32-22-19-18-20-23-32/h18-20,22-23,30-31,33-34H,8-17,21,24-28H2,1-7H3,(H,41,42). The molecule has 46 heavy (non-hydrogen) atoms. The molecule has 1 aromatic carbocycles. The van der Waals surface area contributed by atoms with Crippen molar-refractivity contribution < 1.29 is 29.0 Å². The topological polar surface area (TPSA) is 114 Å². The Morgan fingerprint density at radius 3 is 1.87 bits per heavy atom. The first-order valence-corrected chi connectivity index (χ1v) is 17.8. The number of nitriles is 1. The molecule has 0 aliphatic rings. The number of carboxylic acid groups (broad SMARTS) is 1. The van der Waals surface area contributed by atoms with Gasteiger partial charge in [0, 0.05) is 5.92 Å². The van der Waals surface area contributed by atoms with E-state index in [1.165, 1.54) is 44.9 Å². The Labute approximate surface area is 279 Å². The number of rotatable bonds is 24. The minimum Gasteiger partial charge on any atom is -0.481 e. The van der Waals surface area contributed by atoms with Crippen molar-refractivity contribution >= 4 is 17.9 Å². The van der Waals surface area contributed by atoms with Gasteiger partial charge in [0.15, 0.2) is 0 Å². The number of unbranched alkanes of at least 4 members (excludes halogenated alkanes) is 9. The molecule has 0 saturated carbocycles.